The van der Waals surface area contributed by atoms with Gasteiger partial charge in [0.2, 0.25) is 5.78 Å². The number of Topliss-reactive ketones (excluding diaryl/α,β-unsaturated/α-hetero) is 1. The van der Waals surface area contributed by atoms with Gasteiger partial charge < -0.3 is 9.32 Å². The second-order valence-corrected chi connectivity index (χ2v) is 5.05. The Bertz CT molecular complexity index is 375. The van der Waals surface area contributed by atoms with E-state index < -0.39 is 0 Å². The van der Waals surface area contributed by atoms with Gasteiger partial charge >= 0.3 is 0 Å². The number of carbonyl (C=O) groups is 1. The van der Waals surface area contributed by atoms with Gasteiger partial charge in [0, 0.05) is 19.1 Å². The average molecular weight is 250 g/mol. The van der Waals surface area contributed by atoms with E-state index in [1.807, 2.05) is 0 Å². The third-order valence-electron chi connectivity index (χ3n) is 3.64. The van der Waals surface area contributed by atoms with Crippen LogP contribution >= 0.6 is 0 Å². The van der Waals surface area contributed by atoms with Crippen molar-refractivity contribution in [2.75, 3.05) is 33.2 Å². The summed E-state index contributed by atoms with van der Waals surface area (Å²) < 4.78 is 5.17. The first-order valence-corrected chi connectivity index (χ1v) is 6.70. The fraction of sp³-hybridized carbons (Fsp3) is 0.643. The molecule has 1 aromatic rings. The van der Waals surface area contributed by atoms with E-state index in [0.29, 0.717) is 18.3 Å². The molecule has 0 aliphatic carbocycles. The third-order valence-corrected chi connectivity index (χ3v) is 3.64. The molecule has 100 valence electrons. The fourth-order valence-electron chi connectivity index (χ4n) is 2.59. The highest BCUT2D eigenvalue weighted by atomic mass is 16.3. The van der Waals surface area contributed by atoms with E-state index in [2.05, 4.69) is 23.8 Å². The monoisotopic (exact) mass is 250 g/mol. The number of carbonyl (C=O) groups excluding carboxylic acids is 1. The highest BCUT2D eigenvalue weighted by molar-refractivity contribution is 5.95. The molecule has 1 saturated heterocycles. The minimum absolute atomic E-state index is 0.0861. The van der Waals surface area contributed by atoms with E-state index in [9.17, 15) is 4.79 Å². The summed E-state index contributed by atoms with van der Waals surface area (Å²) in [6, 6.07) is 3.98. The Morgan fingerprint density at radius 2 is 2.33 bits per heavy atom. The molecule has 1 aliphatic rings. The van der Waals surface area contributed by atoms with E-state index in [1.54, 1.807) is 18.4 Å². The molecule has 2 rings (SSSR count). The fourth-order valence-corrected chi connectivity index (χ4v) is 2.59. The zero-order valence-electron chi connectivity index (χ0n) is 11.3. The third kappa shape index (κ3) is 3.21. The van der Waals surface area contributed by atoms with Gasteiger partial charge in [-0.3, -0.25) is 9.69 Å². The van der Waals surface area contributed by atoms with Gasteiger partial charge in [0.1, 0.15) is 0 Å². The first-order chi connectivity index (χ1) is 8.70. The molecule has 0 bridgehead atoms. The Kier molecular flexibility index (Phi) is 4.55. The Labute approximate surface area is 109 Å². The van der Waals surface area contributed by atoms with Crippen LogP contribution in [0.25, 0.3) is 0 Å². The lowest BCUT2D eigenvalue weighted by Gasteiger charge is -2.29. The van der Waals surface area contributed by atoms with Gasteiger partial charge in [0.15, 0.2) is 5.76 Å². The SMILES string of the molecule is CCC1CN(C)CCCN1CC(=O)c1ccco1. The van der Waals surface area contributed by atoms with Crippen LogP contribution in [-0.2, 0) is 0 Å². The van der Waals surface area contributed by atoms with Crippen molar-refractivity contribution in [3.63, 3.8) is 0 Å². The maximum Gasteiger partial charge on any atom is 0.211 e. The molecule has 0 spiro atoms. The Hall–Kier alpha value is -1.13. The normalized spacial score (nSPS) is 22.9. The van der Waals surface area contributed by atoms with E-state index in [-0.39, 0.29) is 5.78 Å². The summed E-state index contributed by atoms with van der Waals surface area (Å²) in [6.07, 6.45) is 3.76. The van der Waals surface area contributed by atoms with Crippen LogP contribution < -0.4 is 0 Å². The van der Waals surface area contributed by atoms with E-state index in [1.165, 1.54) is 0 Å². The maximum atomic E-state index is 12.1. The lowest BCUT2D eigenvalue weighted by molar-refractivity contribution is 0.0861. The van der Waals surface area contributed by atoms with E-state index >= 15 is 0 Å². The van der Waals surface area contributed by atoms with Crippen molar-refractivity contribution in [3.8, 4) is 0 Å². The van der Waals surface area contributed by atoms with Crippen LogP contribution in [0.4, 0.5) is 0 Å². The summed E-state index contributed by atoms with van der Waals surface area (Å²) in [5.41, 5.74) is 0. The zero-order valence-corrected chi connectivity index (χ0v) is 11.3. The summed E-state index contributed by atoms with van der Waals surface area (Å²) in [5, 5.41) is 0. The molecule has 2 heterocycles. The summed E-state index contributed by atoms with van der Waals surface area (Å²) in [4.78, 5) is 16.7. The molecule has 4 heteroatoms. The van der Waals surface area contributed by atoms with Crippen LogP contribution in [0.2, 0.25) is 0 Å². The minimum atomic E-state index is 0.0861. The van der Waals surface area contributed by atoms with Gasteiger partial charge in [-0.25, -0.2) is 0 Å². The number of furan rings is 1. The van der Waals surface area contributed by atoms with Crippen LogP contribution in [0.1, 0.15) is 30.3 Å². The Balaban J connectivity index is 1.99. The van der Waals surface area contributed by atoms with Crippen LogP contribution in [0.5, 0.6) is 0 Å². The standard InChI is InChI=1S/C14H22N2O2/c1-3-12-10-15(2)7-5-8-16(12)11-13(17)14-6-4-9-18-14/h4,6,9,12H,3,5,7-8,10-11H2,1-2H3. The molecule has 4 nitrogen and oxygen atoms in total. The van der Waals surface area contributed by atoms with Crippen molar-refractivity contribution in [2.24, 2.45) is 0 Å². The van der Waals surface area contributed by atoms with Crippen molar-refractivity contribution in [1.29, 1.82) is 0 Å². The van der Waals surface area contributed by atoms with E-state index in [0.717, 1.165) is 32.5 Å². The van der Waals surface area contributed by atoms with Crippen molar-refractivity contribution in [1.82, 2.24) is 9.80 Å². The predicted octanol–water partition coefficient (Wildman–Crippen LogP) is 1.88. The molecule has 0 saturated carbocycles. The van der Waals surface area contributed by atoms with Gasteiger partial charge in [0.05, 0.1) is 12.8 Å². The smallest absolute Gasteiger partial charge is 0.211 e. The molecule has 0 amide bonds. The van der Waals surface area contributed by atoms with Gasteiger partial charge in [-0.15, -0.1) is 0 Å². The number of likely N-dealkylation sites (N-methyl/N-ethyl adjacent to an activating group) is 1. The molecule has 0 radical (unpaired) electrons. The Morgan fingerprint density at radius 1 is 1.50 bits per heavy atom. The number of hydrogen-bond donors (Lipinski definition) is 0. The average Bonchev–Trinajstić information content (AvgIpc) is 2.83. The molecule has 1 atom stereocenters. The predicted molar refractivity (Wildman–Crippen MR) is 70.8 cm³/mol. The lowest BCUT2D eigenvalue weighted by atomic mass is 10.1. The number of ketones is 1. The second-order valence-electron chi connectivity index (χ2n) is 5.05. The molecule has 1 unspecified atom stereocenters. The minimum Gasteiger partial charge on any atom is -0.461 e. The molecule has 1 aromatic heterocycles. The molecule has 1 fully saturated rings. The number of rotatable bonds is 4. The lowest BCUT2D eigenvalue weighted by Crippen LogP contribution is -2.42. The molecule has 18 heavy (non-hydrogen) atoms. The molecular formula is C14H22N2O2. The van der Waals surface area contributed by atoms with Crippen LogP contribution in [0, 0.1) is 0 Å². The largest absolute Gasteiger partial charge is 0.461 e. The summed E-state index contributed by atoms with van der Waals surface area (Å²) in [5.74, 6) is 0.561. The van der Waals surface area contributed by atoms with Crippen LogP contribution in [0.15, 0.2) is 22.8 Å². The highest BCUT2D eigenvalue weighted by Gasteiger charge is 2.24. The quantitative estimate of drug-likeness (QED) is 0.765. The first kappa shape index (κ1) is 13.3. The topological polar surface area (TPSA) is 36.7 Å². The van der Waals surface area contributed by atoms with Crippen LogP contribution in [0.3, 0.4) is 0 Å². The molecule has 1 aliphatic heterocycles. The van der Waals surface area contributed by atoms with Crippen LogP contribution in [-0.4, -0.2) is 54.9 Å². The van der Waals surface area contributed by atoms with Gasteiger partial charge in [-0.1, -0.05) is 6.92 Å². The second kappa shape index (κ2) is 6.16. The zero-order chi connectivity index (χ0) is 13.0. The number of hydrogen-bond acceptors (Lipinski definition) is 4. The number of nitrogens with zero attached hydrogens (tertiary/aromatic N) is 2. The maximum absolute atomic E-state index is 12.1. The molecule has 0 aromatic carbocycles. The van der Waals surface area contributed by atoms with Crippen molar-refractivity contribution < 1.29 is 9.21 Å². The highest BCUT2D eigenvalue weighted by Crippen LogP contribution is 2.13. The first-order valence-electron chi connectivity index (χ1n) is 6.70. The summed E-state index contributed by atoms with van der Waals surface area (Å²) in [6.45, 7) is 5.81. The van der Waals surface area contributed by atoms with Gasteiger partial charge in [-0.2, -0.15) is 0 Å². The molecule has 0 N–H and O–H groups in total. The van der Waals surface area contributed by atoms with Gasteiger partial charge in [0.25, 0.3) is 0 Å². The molecular weight excluding hydrogens is 228 g/mol. The van der Waals surface area contributed by atoms with Crippen molar-refractivity contribution in [3.05, 3.63) is 24.2 Å². The van der Waals surface area contributed by atoms with Gasteiger partial charge in [-0.05, 0) is 38.6 Å². The van der Waals surface area contributed by atoms with Crippen molar-refractivity contribution in [2.45, 2.75) is 25.8 Å². The summed E-state index contributed by atoms with van der Waals surface area (Å²) in [7, 11) is 2.15. The Morgan fingerprint density at radius 3 is 3.00 bits per heavy atom. The summed E-state index contributed by atoms with van der Waals surface area (Å²) >= 11 is 0. The van der Waals surface area contributed by atoms with Crippen molar-refractivity contribution >= 4 is 5.78 Å². The van der Waals surface area contributed by atoms with E-state index in [4.69, 9.17) is 4.42 Å².